The van der Waals surface area contributed by atoms with Gasteiger partial charge in [0.25, 0.3) is 0 Å². The molecule has 5 rings (SSSR count). The number of nitrogens with zero attached hydrogens (tertiary/aromatic N) is 6. The van der Waals surface area contributed by atoms with E-state index in [-0.39, 0.29) is 34.7 Å². The van der Waals surface area contributed by atoms with Crippen LogP contribution in [0.15, 0.2) is 54.5 Å². The standard InChI is InChI=1S/C20H29N13/c1-7-14(4,21)16(23)9(3)31-13-20(27)18(16,25)11(29-7)33-12-19(20,26)17(24,10(28-6)32-13)15(5,22)8(2)30-12/h2-3,6,21-27H2,1,4-5H3. The van der Waals surface area contributed by atoms with Crippen molar-refractivity contribution in [1.29, 1.82) is 0 Å². The molecule has 0 radical (unpaired) electrons. The molecule has 5 heterocycles. The molecule has 5 aliphatic heterocycles. The summed E-state index contributed by atoms with van der Waals surface area (Å²) in [6.45, 7) is 16.6. The minimum atomic E-state index is -1.93. The number of aliphatic imine (C=N–C) groups is 6. The van der Waals surface area contributed by atoms with Crippen molar-refractivity contribution in [3.05, 3.63) is 24.6 Å². The Bertz CT molecular complexity index is 1260. The Hall–Kier alpha value is -2.78. The van der Waals surface area contributed by atoms with Gasteiger partial charge < -0.3 is 40.1 Å². The minimum Gasteiger partial charge on any atom is -0.319 e. The van der Waals surface area contributed by atoms with Crippen LogP contribution in [0.1, 0.15) is 20.8 Å². The Morgan fingerprint density at radius 3 is 1.64 bits per heavy atom. The highest BCUT2D eigenvalue weighted by Gasteiger charge is 2.87. The van der Waals surface area contributed by atoms with Gasteiger partial charge in [0, 0.05) is 5.71 Å². The molecule has 0 aromatic heterocycles. The second kappa shape index (κ2) is 5.31. The number of amidine groups is 4. The molecular weight excluding hydrogens is 422 g/mol. The molecule has 33 heavy (non-hydrogen) atoms. The summed E-state index contributed by atoms with van der Waals surface area (Å²) in [6, 6.07) is 0. The van der Waals surface area contributed by atoms with Gasteiger partial charge >= 0.3 is 0 Å². The van der Waals surface area contributed by atoms with Crippen LogP contribution in [0.5, 0.6) is 0 Å². The molecular formula is C20H29N13. The van der Waals surface area contributed by atoms with Crippen LogP contribution in [0.3, 0.4) is 0 Å². The normalized spacial score (nSPS) is 52.1. The number of nitrogens with two attached hydrogens (primary N) is 7. The molecule has 5 aliphatic rings. The van der Waals surface area contributed by atoms with E-state index >= 15 is 0 Å². The van der Waals surface area contributed by atoms with Crippen molar-refractivity contribution in [2.75, 3.05) is 0 Å². The zero-order chi connectivity index (χ0) is 24.8. The highest BCUT2D eigenvalue weighted by Crippen LogP contribution is 2.58. The van der Waals surface area contributed by atoms with Gasteiger partial charge in [-0.3, -0.25) is 0 Å². The smallest absolute Gasteiger partial charge is 0.155 e. The third-order valence-corrected chi connectivity index (χ3v) is 8.67. The topological polar surface area (TPSA) is 256 Å². The minimum absolute atomic E-state index is 0.00675. The van der Waals surface area contributed by atoms with Crippen molar-refractivity contribution in [2.45, 2.75) is 59.5 Å². The molecule has 0 saturated heterocycles. The van der Waals surface area contributed by atoms with Gasteiger partial charge in [-0.1, -0.05) is 13.2 Å². The van der Waals surface area contributed by atoms with Crippen molar-refractivity contribution < 1.29 is 0 Å². The summed E-state index contributed by atoms with van der Waals surface area (Å²) in [5, 5.41) is 0. The monoisotopic (exact) mass is 451 g/mol. The van der Waals surface area contributed by atoms with Gasteiger partial charge in [-0.25, -0.2) is 30.0 Å². The fourth-order valence-electron chi connectivity index (χ4n) is 6.05. The SMILES string of the molecule is C=NC1=NC2=NC(=C)C3(N)C(C)(N)C(C)=NC4=NC5=NC(=C)C(C)(N)C1(N)C5(N)C2(N)C43N. The lowest BCUT2D eigenvalue weighted by Gasteiger charge is -2.72. The maximum atomic E-state index is 7.22. The van der Waals surface area contributed by atoms with E-state index in [1.54, 1.807) is 20.8 Å². The van der Waals surface area contributed by atoms with Gasteiger partial charge in [-0.2, -0.15) is 0 Å². The Morgan fingerprint density at radius 1 is 0.606 bits per heavy atom. The van der Waals surface area contributed by atoms with E-state index in [1.807, 2.05) is 0 Å². The summed E-state index contributed by atoms with van der Waals surface area (Å²) in [4.78, 5) is 26.9. The van der Waals surface area contributed by atoms with Gasteiger partial charge in [0.2, 0.25) is 0 Å². The predicted molar refractivity (Wildman–Crippen MR) is 130 cm³/mol. The third-order valence-electron chi connectivity index (χ3n) is 8.67. The quantitative estimate of drug-likeness (QED) is 0.185. The van der Waals surface area contributed by atoms with Crippen LogP contribution in [0, 0.1) is 0 Å². The number of hydrogen-bond donors (Lipinski definition) is 7. The van der Waals surface area contributed by atoms with Gasteiger partial charge in [0.15, 0.2) is 23.3 Å². The highest BCUT2D eigenvalue weighted by molar-refractivity contribution is 6.30. The molecule has 0 bridgehead atoms. The molecule has 0 spiro atoms. The molecule has 0 saturated carbocycles. The predicted octanol–water partition coefficient (Wildman–Crippen LogP) is -3.24. The van der Waals surface area contributed by atoms with Crippen molar-refractivity contribution in [1.82, 2.24) is 0 Å². The molecule has 14 N–H and O–H groups in total. The van der Waals surface area contributed by atoms with E-state index < -0.39 is 38.8 Å². The zero-order valence-electron chi connectivity index (χ0n) is 18.8. The summed E-state index contributed by atoms with van der Waals surface area (Å²) in [5.74, 6) is 0.0273. The Labute approximate surface area is 190 Å². The zero-order valence-corrected chi connectivity index (χ0v) is 18.8. The van der Waals surface area contributed by atoms with Gasteiger partial charge in [0.1, 0.15) is 27.7 Å². The van der Waals surface area contributed by atoms with Crippen LogP contribution in [0.2, 0.25) is 0 Å². The average molecular weight is 452 g/mol. The van der Waals surface area contributed by atoms with E-state index in [1.165, 1.54) is 0 Å². The first-order chi connectivity index (χ1) is 15.0. The third kappa shape index (κ3) is 1.63. The van der Waals surface area contributed by atoms with Crippen LogP contribution in [-0.2, 0) is 0 Å². The second-order valence-corrected chi connectivity index (χ2v) is 9.94. The van der Waals surface area contributed by atoms with Gasteiger partial charge in [-0.05, 0) is 27.5 Å². The summed E-state index contributed by atoms with van der Waals surface area (Å²) >= 11 is 0. The van der Waals surface area contributed by atoms with E-state index in [4.69, 9.17) is 40.1 Å². The summed E-state index contributed by atoms with van der Waals surface area (Å²) in [5.41, 5.74) is 37.8. The van der Waals surface area contributed by atoms with Crippen molar-refractivity contribution >= 4 is 35.8 Å². The van der Waals surface area contributed by atoms with E-state index in [9.17, 15) is 0 Å². The molecule has 7 atom stereocenters. The fourth-order valence-corrected chi connectivity index (χ4v) is 6.05. The molecule has 13 nitrogen and oxygen atoms in total. The van der Waals surface area contributed by atoms with Crippen LogP contribution >= 0.6 is 0 Å². The lowest BCUT2D eigenvalue weighted by Crippen LogP contribution is -3.06. The van der Waals surface area contributed by atoms with Crippen molar-refractivity contribution in [3.63, 3.8) is 0 Å². The second-order valence-electron chi connectivity index (χ2n) is 9.94. The van der Waals surface area contributed by atoms with Crippen LogP contribution in [0.4, 0.5) is 0 Å². The molecule has 0 aromatic rings. The Kier molecular flexibility index (Phi) is 3.54. The molecule has 7 unspecified atom stereocenters. The molecule has 0 aromatic carbocycles. The first kappa shape index (κ1) is 22.0. The Balaban J connectivity index is 2.09. The van der Waals surface area contributed by atoms with Crippen molar-refractivity contribution in [2.24, 2.45) is 70.1 Å². The number of hydrogen-bond acceptors (Lipinski definition) is 13. The van der Waals surface area contributed by atoms with E-state index in [2.05, 4.69) is 49.8 Å². The molecule has 174 valence electrons. The summed E-state index contributed by atoms with van der Waals surface area (Å²) in [6.07, 6.45) is 0. The molecule has 0 aliphatic carbocycles. The highest BCUT2D eigenvalue weighted by atomic mass is 15.4. The van der Waals surface area contributed by atoms with Gasteiger partial charge in [-0.15, -0.1) is 0 Å². The maximum Gasteiger partial charge on any atom is 0.155 e. The average Bonchev–Trinajstić information content (AvgIpc) is 2.72. The first-order valence-corrected chi connectivity index (χ1v) is 10.3. The summed E-state index contributed by atoms with van der Waals surface area (Å²) in [7, 11) is 0. The molecule has 0 fully saturated rings. The molecule has 0 amide bonds. The first-order valence-electron chi connectivity index (χ1n) is 10.3. The van der Waals surface area contributed by atoms with Crippen LogP contribution in [0.25, 0.3) is 0 Å². The lowest BCUT2D eigenvalue weighted by molar-refractivity contribution is 0.0925. The largest absolute Gasteiger partial charge is 0.319 e. The van der Waals surface area contributed by atoms with E-state index in [0.29, 0.717) is 5.71 Å². The fraction of sp³-hybridized carbons (Fsp3) is 0.500. The maximum absolute atomic E-state index is 7.22. The lowest BCUT2D eigenvalue weighted by atomic mass is 9.41. The van der Waals surface area contributed by atoms with Gasteiger partial charge in [0.05, 0.1) is 22.5 Å². The Morgan fingerprint density at radius 2 is 1.06 bits per heavy atom. The van der Waals surface area contributed by atoms with Crippen LogP contribution in [-0.4, -0.2) is 74.5 Å². The molecule has 13 heteroatoms. The van der Waals surface area contributed by atoms with Crippen molar-refractivity contribution in [3.8, 4) is 0 Å². The van der Waals surface area contributed by atoms with E-state index in [0.717, 1.165) is 0 Å². The van der Waals surface area contributed by atoms with Crippen LogP contribution < -0.4 is 40.1 Å². The summed E-state index contributed by atoms with van der Waals surface area (Å²) < 4.78 is 0. The number of rotatable bonds is 0.